The molecule has 0 spiro atoms. The lowest BCUT2D eigenvalue weighted by molar-refractivity contribution is 0.661. The number of hydrogen-bond donors (Lipinski definition) is 0. The van der Waals surface area contributed by atoms with E-state index in [1.54, 1.807) is 0 Å². The van der Waals surface area contributed by atoms with E-state index in [0.29, 0.717) is 0 Å². The number of benzene rings is 9. The summed E-state index contributed by atoms with van der Waals surface area (Å²) >= 11 is 0. The van der Waals surface area contributed by atoms with Gasteiger partial charge in [0, 0.05) is 38.4 Å². The fourth-order valence-electron chi connectivity index (χ4n) is 9.54. The molecule has 1 aromatic heterocycles. The molecule has 10 aromatic rings. The molecule has 0 radical (unpaired) electrons. The third kappa shape index (κ3) is 6.27. The molecule has 61 heavy (non-hydrogen) atoms. The standard InChI is InChI=1S/C59H43NO/c1-59(2)53-27-12-10-22-47(53)49-24-15-29-55(56(49)59)60(45-37-34-43(35-38-45)42-32-30-41(31-33-42)19-7-6-18-40-16-4-3-5-17-40)54-28-13-11-23-48(54)50-25-14-26-51-52-39-36-44-20-8-9-21-46(44)57(52)61-58(50)51/h3-39H,1-2H3/b18-6-,19-7+. The summed E-state index contributed by atoms with van der Waals surface area (Å²) in [5.41, 5.74) is 17.1. The summed E-state index contributed by atoms with van der Waals surface area (Å²) in [5.74, 6) is 0. The van der Waals surface area contributed by atoms with Crippen LogP contribution >= 0.6 is 0 Å². The summed E-state index contributed by atoms with van der Waals surface area (Å²) < 4.78 is 6.94. The predicted molar refractivity (Wildman–Crippen MR) is 259 cm³/mol. The number of furan rings is 1. The van der Waals surface area contributed by atoms with Crippen molar-refractivity contribution >= 4 is 61.9 Å². The van der Waals surface area contributed by atoms with E-state index in [1.807, 2.05) is 6.07 Å². The fourth-order valence-corrected chi connectivity index (χ4v) is 9.54. The van der Waals surface area contributed by atoms with Crippen molar-refractivity contribution in [3.05, 3.63) is 235 Å². The molecule has 11 rings (SSSR count). The van der Waals surface area contributed by atoms with E-state index in [4.69, 9.17) is 4.42 Å². The van der Waals surface area contributed by atoms with Crippen LogP contribution in [0.15, 0.2) is 217 Å². The topological polar surface area (TPSA) is 16.4 Å². The van der Waals surface area contributed by atoms with Gasteiger partial charge in [-0.3, -0.25) is 0 Å². The zero-order chi connectivity index (χ0) is 40.9. The lowest BCUT2D eigenvalue weighted by Gasteiger charge is -2.33. The lowest BCUT2D eigenvalue weighted by atomic mass is 9.81. The maximum Gasteiger partial charge on any atom is 0.143 e. The highest BCUT2D eigenvalue weighted by Gasteiger charge is 2.39. The van der Waals surface area contributed by atoms with Gasteiger partial charge in [0.15, 0.2) is 0 Å². The molecule has 0 saturated heterocycles. The molecule has 0 bridgehead atoms. The van der Waals surface area contributed by atoms with Gasteiger partial charge < -0.3 is 9.32 Å². The highest BCUT2D eigenvalue weighted by molar-refractivity contribution is 6.17. The number of fused-ring (bicyclic) bond motifs is 8. The second-order valence-corrected chi connectivity index (χ2v) is 16.5. The molecule has 0 aliphatic heterocycles. The Hall–Kier alpha value is -7.68. The summed E-state index contributed by atoms with van der Waals surface area (Å²) in [5, 5.41) is 4.55. The molecule has 0 fully saturated rings. The van der Waals surface area contributed by atoms with E-state index >= 15 is 0 Å². The van der Waals surface area contributed by atoms with E-state index in [9.17, 15) is 0 Å². The zero-order valence-corrected chi connectivity index (χ0v) is 34.2. The van der Waals surface area contributed by atoms with Gasteiger partial charge in [-0.15, -0.1) is 0 Å². The second kappa shape index (κ2) is 14.9. The van der Waals surface area contributed by atoms with E-state index < -0.39 is 0 Å². The number of hydrogen-bond acceptors (Lipinski definition) is 2. The Bertz CT molecular complexity index is 3310. The number of para-hydroxylation sites is 2. The van der Waals surface area contributed by atoms with Gasteiger partial charge in [-0.05, 0) is 80.2 Å². The molecule has 0 amide bonds. The maximum absolute atomic E-state index is 6.94. The Balaban J connectivity index is 1.03. The van der Waals surface area contributed by atoms with Crippen molar-refractivity contribution in [2.45, 2.75) is 19.3 Å². The first-order valence-electron chi connectivity index (χ1n) is 21.1. The quantitative estimate of drug-likeness (QED) is 0.143. The Morgan fingerprint density at radius 1 is 0.410 bits per heavy atom. The lowest BCUT2D eigenvalue weighted by Crippen LogP contribution is -2.21. The third-order valence-corrected chi connectivity index (χ3v) is 12.5. The Morgan fingerprint density at radius 3 is 1.79 bits per heavy atom. The Labute approximate surface area is 357 Å². The zero-order valence-electron chi connectivity index (χ0n) is 34.2. The molecule has 0 atom stereocenters. The van der Waals surface area contributed by atoms with Gasteiger partial charge in [0.25, 0.3) is 0 Å². The molecule has 0 N–H and O–H groups in total. The van der Waals surface area contributed by atoms with Crippen molar-refractivity contribution in [2.75, 3.05) is 4.90 Å². The summed E-state index contributed by atoms with van der Waals surface area (Å²) in [6.07, 6.45) is 8.46. The molecule has 1 aliphatic carbocycles. The molecule has 290 valence electrons. The molecule has 0 unspecified atom stereocenters. The van der Waals surface area contributed by atoms with E-state index in [0.717, 1.165) is 55.4 Å². The predicted octanol–water partition coefficient (Wildman–Crippen LogP) is 16.6. The van der Waals surface area contributed by atoms with E-state index in [2.05, 4.69) is 237 Å². The van der Waals surface area contributed by atoms with Crippen LogP contribution in [0.5, 0.6) is 0 Å². The molecule has 9 aromatic carbocycles. The Kier molecular flexibility index (Phi) is 8.86. The van der Waals surface area contributed by atoms with Crippen LogP contribution in [0.4, 0.5) is 17.1 Å². The number of rotatable bonds is 8. The smallest absolute Gasteiger partial charge is 0.143 e. The Morgan fingerprint density at radius 2 is 0.984 bits per heavy atom. The van der Waals surface area contributed by atoms with Gasteiger partial charge in [0.1, 0.15) is 11.2 Å². The average molecular weight is 782 g/mol. The number of nitrogens with zero attached hydrogens (tertiary/aromatic N) is 1. The molecule has 1 aliphatic rings. The maximum atomic E-state index is 6.94. The highest BCUT2D eigenvalue weighted by atomic mass is 16.3. The minimum absolute atomic E-state index is 0.219. The SMILES string of the molecule is CC1(C)c2ccccc2-c2cccc(N(c3ccc(-c4ccc(/C=C/C=C\c5ccccc5)cc4)cc3)c3ccccc3-c3cccc4c3oc3c5ccccc5ccc43)c21. The van der Waals surface area contributed by atoms with Crippen LogP contribution in [0.3, 0.4) is 0 Å². The van der Waals surface area contributed by atoms with E-state index in [1.165, 1.54) is 50.0 Å². The number of anilines is 3. The van der Waals surface area contributed by atoms with Crippen molar-refractivity contribution in [2.24, 2.45) is 0 Å². The van der Waals surface area contributed by atoms with Gasteiger partial charge in [-0.2, -0.15) is 0 Å². The molecule has 2 nitrogen and oxygen atoms in total. The minimum Gasteiger partial charge on any atom is -0.455 e. The minimum atomic E-state index is -0.219. The highest BCUT2D eigenvalue weighted by Crippen LogP contribution is 2.55. The molecular weight excluding hydrogens is 739 g/mol. The summed E-state index contributed by atoms with van der Waals surface area (Å²) in [7, 11) is 0. The molecular formula is C59H43NO. The van der Waals surface area contributed by atoms with Gasteiger partial charge in [0.2, 0.25) is 0 Å². The van der Waals surface area contributed by atoms with Gasteiger partial charge in [0.05, 0.1) is 11.4 Å². The second-order valence-electron chi connectivity index (χ2n) is 16.5. The van der Waals surface area contributed by atoms with Gasteiger partial charge >= 0.3 is 0 Å². The van der Waals surface area contributed by atoms with Crippen molar-refractivity contribution < 1.29 is 4.42 Å². The summed E-state index contributed by atoms with van der Waals surface area (Å²) in [6.45, 7) is 4.73. The van der Waals surface area contributed by atoms with Crippen molar-refractivity contribution in [3.63, 3.8) is 0 Å². The van der Waals surface area contributed by atoms with Crippen molar-refractivity contribution in [1.29, 1.82) is 0 Å². The van der Waals surface area contributed by atoms with E-state index in [-0.39, 0.29) is 5.41 Å². The van der Waals surface area contributed by atoms with Gasteiger partial charge in [-0.1, -0.05) is 208 Å². The van der Waals surface area contributed by atoms with Crippen LogP contribution in [0.1, 0.15) is 36.1 Å². The van der Waals surface area contributed by atoms with Crippen LogP contribution in [0.25, 0.3) is 78.2 Å². The monoisotopic (exact) mass is 781 g/mol. The molecule has 1 heterocycles. The number of allylic oxidation sites excluding steroid dienone is 2. The van der Waals surface area contributed by atoms with Crippen molar-refractivity contribution in [3.8, 4) is 33.4 Å². The molecule has 2 heteroatoms. The van der Waals surface area contributed by atoms with Crippen LogP contribution in [-0.2, 0) is 5.41 Å². The normalized spacial score (nSPS) is 13.1. The summed E-state index contributed by atoms with van der Waals surface area (Å²) in [6, 6.07) is 72.2. The largest absolute Gasteiger partial charge is 0.455 e. The first-order chi connectivity index (χ1) is 30.0. The van der Waals surface area contributed by atoms with Crippen LogP contribution in [0, 0.1) is 0 Å². The van der Waals surface area contributed by atoms with Crippen LogP contribution in [0.2, 0.25) is 0 Å². The average Bonchev–Trinajstić information content (AvgIpc) is 3.82. The first-order valence-corrected chi connectivity index (χ1v) is 21.1. The third-order valence-electron chi connectivity index (χ3n) is 12.5. The fraction of sp³-hybridized carbons (Fsp3) is 0.0508. The van der Waals surface area contributed by atoms with Gasteiger partial charge in [-0.25, -0.2) is 0 Å². The molecule has 0 saturated carbocycles. The van der Waals surface area contributed by atoms with Crippen LogP contribution in [-0.4, -0.2) is 0 Å². The summed E-state index contributed by atoms with van der Waals surface area (Å²) in [4.78, 5) is 2.47. The first kappa shape index (κ1) is 36.4. The van der Waals surface area contributed by atoms with Crippen molar-refractivity contribution in [1.82, 2.24) is 0 Å². The van der Waals surface area contributed by atoms with Crippen LogP contribution < -0.4 is 4.90 Å².